The predicted octanol–water partition coefficient (Wildman–Crippen LogP) is -0.114. The van der Waals surface area contributed by atoms with Gasteiger partial charge in [-0.05, 0) is 22.4 Å². The maximum absolute atomic E-state index is 10.2. The molecule has 1 unspecified atom stereocenters. The first-order valence-corrected chi connectivity index (χ1v) is 5.95. The van der Waals surface area contributed by atoms with Crippen molar-refractivity contribution in [2.24, 2.45) is 0 Å². The highest BCUT2D eigenvalue weighted by molar-refractivity contribution is 5.83. The van der Waals surface area contributed by atoms with Gasteiger partial charge in [-0.25, -0.2) is 4.98 Å². The summed E-state index contributed by atoms with van der Waals surface area (Å²) >= 11 is 0. The van der Waals surface area contributed by atoms with E-state index in [4.69, 9.17) is 0 Å². The van der Waals surface area contributed by atoms with Crippen molar-refractivity contribution in [1.82, 2.24) is 9.55 Å². The van der Waals surface area contributed by atoms with E-state index >= 15 is 0 Å². The molecular formula is C15H15ClN2O. The van der Waals surface area contributed by atoms with E-state index in [1.807, 2.05) is 41.1 Å². The third-order valence-electron chi connectivity index (χ3n) is 3.10. The van der Waals surface area contributed by atoms with E-state index in [-0.39, 0.29) is 13.8 Å². The quantitative estimate of drug-likeness (QED) is 0.724. The van der Waals surface area contributed by atoms with E-state index in [2.05, 4.69) is 17.1 Å². The van der Waals surface area contributed by atoms with Crippen LogP contribution in [0.1, 0.15) is 13.1 Å². The second kappa shape index (κ2) is 5.87. The Morgan fingerprint density at radius 2 is 1.95 bits per heavy atom. The number of aliphatic hydroxyl groups is 1. The molecule has 0 saturated heterocycles. The highest BCUT2D eigenvalue weighted by atomic mass is 35.5. The van der Waals surface area contributed by atoms with Crippen LogP contribution in [0.4, 0.5) is 0 Å². The lowest BCUT2D eigenvalue weighted by atomic mass is 10.0. The molecule has 1 N–H and O–H groups in total. The fraction of sp³-hybridized carbons (Fsp3) is 0.133. The summed E-state index contributed by atoms with van der Waals surface area (Å²) in [6, 6.07) is 14.2. The lowest BCUT2D eigenvalue weighted by Crippen LogP contribution is -3.00. The van der Waals surface area contributed by atoms with Crippen LogP contribution in [0.3, 0.4) is 0 Å². The summed E-state index contributed by atoms with van der Waals surface area (Å²) in [6.45, 7) is 0.526. The maximum Gasteiger partial charge on any atom is 1.00 e. The minimum absolute atomic E-state index is 0. The fourth-order valence-electron chi connectivity index (χ4n) is 2.11. The molecule has 0 aliphatic carbocycles. The summed E-state index contributed by atoms with van der Waals surface area (Å²) in [6.07, 6.45) is 4.77. The van der Waals surface area contributed by atoms with Gasteiger partial charge >= 0.3 is 1.43 Å². The standard InChI is InChI=1S/C15H14N2O.ClH/c18-15(10-17-8-7-16-11-17)14-6-5-12-3-1-2-4-13(12)9-14;/h1-9,11,15,18H,10H2;1H. The van der Waals surface area contributed by atoms with Crippen molar-refractivity contribution >= 4 is 10.8 Å². The Kier molecular flexibility index (Phi) is 4.20. The molecule has 0 aliphatic rings. The molecule has 0 fully saturated rings. The van der Waals surface area contributed by atoms with Crippen molar-refractivity contribution in [3.05, 3.63) is 66.7 Å². The Balaban J connectivity index is 0.000001000. The van der Waals surface area contributed by atoms with Crippen molar-refractivity contribution in [1.29, 1.82) is 0 Å². The number of aliphatic hydroxyl groups excluding tert-OH is 1. The van der Waals surface area contributed by atoms with Crippen LogP contribution in [-0.2, 0) is 6.54 Å². The molecule has 0 spiro atoms. The number of rotatable bonds is 3. The van der Waals surface area contributed by atoms with E-state index < -0.39 is 6.10 Å². The van der Waals surface area contributed by atoms with E-state index in [1.54, 1.807) is 12.5 Å². The Labute approximate surface area is 119 Å². The number of fused-ring (bicyclic) bond motifs is 1. The fourth-order valence-corrected chi connectivity index (χ4v) is 2.11. The van der Waals surface area contributed by atoms with Crippen LogP contribution in [0.2, 0.25) is 0 Å². The van der Waals surface area contributed by atoms with Gasteiger partial charge in [0.25, 0.3) is 0 Å². The first kappa shape index (κ1) is 13.6. The number of imidazole rings is 1. The molecule has 19 heavy (non-hydrogen) atoms. The van der Waals surface area contributed by atoms with Crippen molar-refractivity contribution in [3.8, 4) is 0 Å². The topological polar surface area (TPSA) is 38.0 Å². The second-order valence-corrected chi connectivity index (χ2v) is 4.38. The van der Waals surface area contributed by atoms with E-state index in [1.165, 1.54) is 5.39 Å². The van der Waals surface area contributed by atoms with Crippen LogP contribution in [0.25, 0.3) is 10.8 Å². The first-order valence-electron chi connectivity index (χ1n) is 5.95. The van der Waals surface area contributed by atoms with Crippen LogP contribution in [0.5, 0.6) is 0 Å². The normalized spacial score (nSPS) is 12.1. The van der Waals surface area contributed by atoms with Crippen molar-refractivity contribution in [2.45, 2.75) is 12.6 Å². The molecule has 0 aliphatic heterocycles. The van der Waals surface area contributed by atoms with Gasteiger partial charge in [0.15, 0.2) is 0 Å². The molecule has 1 heterocycles. The Morgan fingerprint density at radius 1 is 1.16 bits per heavy atom. The molecule has 2 aromatic carbocycles. The lowest BCUT2D eigenvalue weighted by Gasteiger charge is -2.12. The van der Waals surface area contributed by atoms with E-state index in [0.29, 0.717) is 6.54 Å². The van der Waals surface area contributed by atoms with Crippen LogP contribution in [0, 0.1) is 0 Å². The van der Waals surface area contributed by atoms with Crippen molar-refractivity contribution in [3.63, 3.8) is 0 Å². The van der Waals surface area contributed by atoms with Gasteiger partial charge in [-0.15, -0.1) is 0 Å². The molecule has 4 heteroatoms. The summed E-state index contributed by atoms with van der Waals surface area (Å²) in [5.41, 5.74) is 0.933. The molecular weight excluding hydrogens is 260 g/mol. The average Bonchev–Trinajstić information content (AvgIpc) is 2.91. The summed E-state index contributed by atoms with van der Waals surface area (Å²) in [4.78, 5) is 3.97. The highest BCUT2D eigenvalue weighted by Gasteiger charge is 2.08. The first-order chi connectivity index (χ1) is 8.83. The molecule has 0 radical (unpaired) electrons. The molecule has 1 aromatic heterocycles. The zero-order valence-corrected chi connectivity index (χ0v) is 11.0. The third-order valence-corrected chi connectivity index (χ3v) is 3.10. The summed E-state index contributed by atoms with van der Waals surface area (Å²) in [7, 11) is 0. The van der Waals surface area contributed by atoms with E-state index in [0.717, 1.165) is 10.9 Å². The minimum Gasteiger partial charge on any atom is -1.00 e. The largest absolute Gasteiger partial charge is 1.00 e. The van der Waals surface area contributed by atoms with Crippen molar-refractivity contribution in [2.75, 3.05) is 0 Å². The van der Waals surface area contributed by atoms with Gasteiger partial charge in [0.1, 0.15) is 0 Å². The number of hydrogen-bond donors (Lipinski definition) is 1. The minimum atomic E-state index is -0.510. The molecule has 0 saturated carbocycles. The summed E-state index contributed by atoms with van der Waals surface area (Å²) in [5.74, 6) is 0. The Hall–Kier alpha value is -1.84. The van der Waals surface area contributed by atoms with E-state index in [9.17, 15) is 5.11 Å². The predicted molar refractivity (Wildman–Crippen MR) is 72.2 cm³/mol. The maximum atomic E-state index is 10.2. The summed E-state index contributed by atoms with van der Waals surface area (Å²) in [5, 5.41) is 12.5. The molecule has 98 valence electrons. The number of nitrogens with zero attached hydrogens (tertiary/aromatic N) is 2. The van der Waals surface area contributed by atoms with Gasteiger partial charge in [0, 0.05) is 12.4 Å². The van der Waals surface area contributed by atoms with Crippen LogP contribution in [-0.4, -0.2) is 14.7 Å². The molecule has 3 rings (SSSR count). The van der Waals surface area contributed by atoms with Crippen molar-refractivity contribution < 1.29 is 18.9 Å². The van der Waals surface area contributed by atoms with Gasteiger partial charge in [-0.2, -0.15) is 0 Å². The number of halogens is 1. The van der Waals surface area contributed by atoms with Gasteiger partial charge in [-0.1, -0.05) is 36.4 Å². The highest BCUT2D eigenvalue weighted by Crippen LogP contribution is 2.21. The Bertz CT molecular complexity index is 658. The average molecular weight is 275 g/mol. The van der Waals surface area contributed by atoms with Gasteiger partial charge in [0.2, 0.25) is 0 Å². The smallest absolute Gasteiger partial charge is 1.00 e. The molecule has 1 atom stereocenters. The van der Waals surface area contributed by atoms with Crippen LogP contribution >= 0.6 is 0 Å². The lowest BCUT2D eigenvalue weighted by molar-refractivity contribution is -0.00000553. The number of benzene rings is 2. The van der Waals surface area contributed by atoms with Gasteiger partial charge in [-0.3, -0.25) is 0 Å². The summed E-state index contributed by atoms with van der Waals surface area (Å²) < 4.78 is 1.87. The zero-order valence-electron chi connectivity index (χ0n) is 11.3. The second-order valence-electron chi connectivity index (χ2n) is 4.38. The molecule has 0 amide bonds. The van der Waals surface area contributed by atoms with Gasteiger partial charge in [0.05, 0.1) is 19.0 Å². The number of aromatic nitrogens is 2. The monoisotopic (exact) mass is 274 g/mol. The van der Waals surface area contributed by atoms with Crippen LogP contribution in [0.15, 0.2) is 61.2 Å². The SMILES string of the molecule is OC(Cn1ccnc1)c1ccc2ccccc2c1.[Cl-].[H+]. The zero-order chi connectivity index (χ0) is 12.4. The van der Waals surface area contributed by atoms with Gasteiger partial charge < -0.3 is 22.1 Å². The third kappa shape index (κ3) is 2.95. The number of hydrogen-bond acceptors (Lipinski definition) is 2. The Morgan fingerprint density at radius 3 is 2.68 bits per heavy atom. The molecule has 3 nitrogen and oxygen atoms in total. The van der Waals surface area contributed by atoms with Crippen LogP contribution < -0.4 is 12.4 Å². The molecule has 0 bridgehead atoms. The molecule has 3 aromatic rings.